The fourth-order valence-corrected chi connectivity index (χ4v) is 3.80. The van der Waals surface area contributed by atoms with Crippen molar-refractivity contribution in [3.8, 4) is 22.5 Å². The third-order valence-corrected chi connectivity index (χ3v) is 5.30. The molecule has 1 atom stereocenters. The summed E-state index contributed by atoms with van der Waals surface area (Å²) in [6.45, 7) is 2.37. The van der Waals surface area contributed by atoms with Gasteiger partial charge in [-0.05, 0) is 43.0 Å². The number of carboxylic acid groups (broad SMARTS) is 2. The molecule has 1 aromatic heterocycles. The van der Waals surface area contributed by atoms with E-state index in [1.165, 1.54) is 0 Å². The van der Waals surface area contributed by atoms with Gasteiger partial charge in [0.05, 0.1) is 12.0 Å². The van der Waals surface area contributed by atoms with Crippen LogP contribution in [-0.4, -0.2) is 34.9 Å². The Morgan fingerprint density at radius 1 is 1.10 bits per heavy atom. The Morgan fingerprint density at radius 3 is 2.26 bits per heavy atom. The van der Waals surface area contributed by atoms with Crippen molar-refractivity contribution < 1.29 is 53.9 Å². The average Bonchev–Trinajstić information content (AvgIpc) is 3.36. The molecule has 4 rings (SSSR count). The van der Waals surface area contributed by atoms with Crippen LogP contribution in [0.5, 0.6) is 0 Å². The van der Waals surface area contributed by atoms with Crippen molar-refractivity contribution in [3.05, 3.63) is 54.2 Å². The van der Waals surface area contributed by atoms with Crippen LogP contribution in [0.4, 0.5) is 16.2 Å². The minimum Gasteiger partial charge on any atom is -0.548 e. The van der Waals surface area contributed by atoms with E-state index in [2.05, 4.69) is 10.5 Å². The van der Waals surface area contributed by atoms with Crippen LogP contribution in [0.3, 0.4) is 0 Å². The van der Waals surface area contributed by atoms with Crippen molar-refractivity contribution in [2.75, 3.05) is 16.8 Å². The number of hydrogen-bond donors (Lipinski definition) is 2. The summed E-state index contributed by atoms with van der Waals surface area (Å²) in [4.78, 5) is 24.2. The van der Waals surface area contributed by atoms with Crippen LogP contribution in [0.1, 0.15) is 18.5 Å². The molecule has 2 N–H and O–H groups in total. The van der Waals surface area contributed by atoms with Gasteiger partial charge < -0.3 is 24.4 Å². The Kier molecular flexibility index (Phi) is 7.04. The van der Waals surface area contributed by atoms with E-state index < -0.39 is 18.1 Å². The number of aryl methyl sites for hydroxylation is 1. The van der Waals surface area contributed by atoms with Gasteiger partial charge in [-0.25, -0.2) is 4.79 Å². The van der Waals surface area contributed by atoms with Crippen molar-refractivity contribution >= 4 is 23.4 Å². The van der Waals surface area contributed by atoms with Gasteiger partial charge in [0.25, 0.3) is 0 Å². The van der Waals surface area contributed by atoms with Crippen molar-refractivity contribution in [2.45, 2.75) is 25.8 Å². The predicted molar refractivity (Wildman–Crippen MR) is 109 cm³/mol. The zero-order valence-corrected chi connectivity index (χ0v) is 19.3. The summed E-state index contributed by atoms with van der Waals surface area (Å²) in [7, 11) is 0. The number of anilines is 2. The third-order valence-electron chi connectivity index (χ3n) is 5.30. The third kappa shape index (κ3) is 4.76. The van der Waals surface area contributed by atoms with E-state index in [1.54, 1.807) is 6.92 Å². The standard InChI is InChI=1S/C22H21N3O5.Na/c1-13-19(23-22(28)29)20(30-24-13)16-6-4-14(5-7-16)15-8-10-17(11-9-15)25-12-2-3-18(25)21(26)27;/h4-11,18,23H,2-3,12H2,1H3,(H,26,27)(H,28,29);/q;+1/p-1. The van der Waals surface area contributed by atoms with Gasteiger partial charge in [-0.15, -0.1) is 0 Å². The first-order valence-electron chi connectivity index (χ1n) is 9.58. The van der Waals surface area contributed by atoms with E-state index in [1.807, 2.05) is 53.4 Å². The van der Waals surface area contributed by atoms with Crippen LogP contribution in [0.25, 0.3) is 22.5 Å². The van der Waals surface area contributed by atoms with Gasteiger partial charge in [0.1, 0.15) is 11.4 Å². The molecular weight excluding hydrogens is 409 g/mol. The Balaban J connectivity index is 0.00000272. The summed E-state index contributed by atoms with van der Waals surface area (Å²) in [5, 5.41) is 26.5. The molecule has 1 amide bonds. The quantitative estimate of drug-likeness (QED) is 0.554. The fraction of sp³-hybridized carbons (Fsp3) is 0.227. The number of aliphatic carboxylic acids is 1. The Morgan fingerprint density at radius 2 is 1.68 bits per heavy atom. The van der Waals surface area contributed by atoms with Gasteiger partial charge in [-0.2, -0.15) is 0 Å². The molecule has 0 saturated carbocycles. The topological polar surface area (TPSA) is 119 Å². The van der Waals surface area contributed by atoms with E-state index >= 15 is 0 Å². The van der Waals surface area contributed by atoms with Crippen LogP contribution < -0.4 is 44.9 Å². The molecule has 8 nitrogen and oxygen atoms in total. The van der Waals surface area contributed by atoms with Crippen LogP contribution in [0, 0.1) is 6.92 Å². The first-order chi connectivity index (χ1) is 14.4. The molecule has 1 saturated heterocycles. The van der Waals surface area contributed by atoms with Crippen molar-refractivity contribution in [1.82, 2.24) is 5.16 Å². The van der Waals surface area contributed by atoms with Gasteiger partial charge in [0.2, 0.25) is 0 Å². The summed E-state index contributed by atoms with van der Waals surface area (Å²) in [6.07, 6.45) is 0.255. The van der Waals surface area contributed by atoms with E-state index in [0.717, 1.165) is 23.2 Å². The number of aromatic nitrogens is 1. The zero-order chi connectivity index (χ0) is 21.3. The summed E-state index contributed by atoms with van der Waals surface area (Å²) < 4.78 is 5.30. The molecule has 1 unspecified atom stereocenters. The smallest absolute Gasteiger partial charge is 0.548 e. The maximum absolute atomic E-state index is 11.3. The second-order valence-electron chi connectivity index (χ2n) is 7.20. The Hall–Kier alpha value is -2.81. The Bertz CT molecular complexity index is 1080. The van der Waals surface area contributed by atoms with E-state index in [-0.39, 0.29) is 29.6 Å². The first kappa shape index (κ1) is 22.9. The minimum atomic E-state index is -1.18. The molecular formula is C22H20N3NaO5. The predicted octanol–water partition coefficient (Wildman–Crippen LogP) is 0.130. The van der Waals surface area contributed by atoms with E-state index in [0.29, 0.717) is 35.7 Å². The molecule has 2 aromatic carbocycles. The first-order valence-corrected chi connectivity index (χ1v) is 9.58. The average molecular weight is 429 g/mol. The van der Waals surface area contributed by atoms with Crippen LogP contribution in [0.2, 0.25) is 0 Å². The van der Waals surface area contributed by atoms with Gasteiger partial charge in [-0.1, -0.05) is 41.6 Å². The van der Waals surface area contributed by atoms with Crippen LogP contribution in [0.15, 0.2) is 53.1 Å². The number of carbonyl (C=O) groups excluding carboxylic acids is 1. The molecule has 0 spiro atoms. The van der Waals surface area contributed by atoms with Crippen molar-refractivity contribution in [1.29, 1.82) is 0 Å². The molecule has 31 heavy (non-hydrogen) atoms. The summed E-state index contributed by atoms with van der Waals surface area (Å²) in [5.41, 5.74) is 4.30. The van der Waals surface area contributed by atoms with Crippen LogP contribution in [-0.2, 0) is 4.79 Å². The number of carbonyl (C=O) groups is 2. The van der Waals surface area contributed by atoms with Crippen molar-refractivity contribution in [3.63, 3.8) is 0 Å². The minimum absolute atomic E-state index is 0. The molecule has 1 aliphatic heterocycles. The van der Waals surface area contributed by atoms with Gasteiger partial charge in [0.15, 0.2) is 5.76 Å². The number of hydrogen-bond acceptors (Lipinski definition) is 6. The number of rotatable bonds is 5. The summed E-state index contributed by atoms with van der Waals surface area (Å²) in [6, 6.07) is 14.6. The second kappa shape index (κ2) is 9.55. The molecule has 3 aromatic rings. The molecule has 0 aliphatic carbocycles. The normalized spacial score (nSPS) is 15.4. The molecule has 2 heterocycles. The summed E-state index contributed by atoms with van der Waals surface area (Å²) >= 11 is 0. The van der Waals surface area contributed by atoms with Crippen molar-refractivity contribution in [2.24, 2.45) is 0 Å². The van der Waals surface area contributed by atoms with E-state index in [4.69, 9.17) is 9.63 Å². The van der Waals surface area contributed by atoms with E-state index in [9.17, 15) is 14.7 Å². The number of nitrogens with zero attached hydrogens (tertiary/aromatic N) is 2. The molecule has 154 valence electrons. The number of benzene rings is 2. The maximum atomic E-state index is 11.3. The molecule has 0 bridgehead atoms. The second-order valence-corrected chi connectivity index (χ2v) is 7.20. The number of carboxylic acids is 1. The summed E-state index contributed by atoms with van der Waals surface area (Å²) in [5.74, 6) is -0.675. The van der Waals surface area contributed by atoms with Crippen LogP contribution >= 0.6 is 0 Å². The van der Waals surface area contributed by atoms with Gasteiger partial charge >= 0.3 is 35.7 Å². The molecule has 1 aliphatic rings. The molecule has 9 heteroatoms. The monoisotopic (exact) mass is 429 g/mol. The molecule has 1 fully saturated rings. The fourth-order valence-electron chi connectivity index (χ4n) is 3.80. The SMILES string of the molecule is Cc1noc(-c2ccc(-c3ccc(N4CCCC4C(=O)[O-])cc3)cc2)c1NC(=O)O.[Na+]. The zero-order valence-electron chi connectivity index (χ0n) is 17.3. The number of amides is 1. The molecule has 0 radical (unpaired) electrons. The largest absolute Gasteiger partial charge is 1.00 e. The van der Waals surface area contributed by atoms with Gasteiger partial charge in [-0.3, -0.25) is 5.32 Å². The number of nitrogens with one attached hydrogen (secondary N) is 1. The van der Waals surface area contributed by atoms with Gasteiger partial charge in [0, 0.05) is 17.8 Å². The maximum Gasteiger partial charge on any atom is 1.00 e. The Labute approximate surface area is 201 Å².